The molecule has 0 saturated carbocycles. The maximum absolute atomic E-state index is 13.0. The number of hydrogen-bond donors (Lipinski definition) is 2. The normalized spacial score (nSPS) is 13.1. The molecule has 2 amide bonds. The average molecular weight is 307 g/mol. The van der Waals surface area contributed by atoms with E-state index < -0.39 is 41.1 Å². The number of amides is 2. The quantitative estimate of drug-likeness (QED) is 0.652. The van der Waals surface area contributed by atoms with Gasteiger partial charge in [0.2, 0.25) is 11.9 Å². The van der Waals surface area contributed by atoms with Crippen LogP contribution in [-0.4, -0.2) is 22.8 Å². The Bertz CT molecular complexity index is 558. The Morgan fingerprint density at radius 1 is 1.33 bits per heavy atom. The first-order valence-electron chi connectivity index (χ1n) is 5.87. The van der Waals surface area contributed by atoms with Crippen LogP contribution < -0.4 is 11.1 Å². The molecule has 9 heteroatoms. The van der Waals surface area contributed by atoms with Crippen LogP contribution in [0.15, 0.2) is 12.3 Å². The zero-order chi connectivity index (χ0) is 16.4. The fraction of sp³-hybridized carbons (Fsp3) is 0.417. The molecule has 116 valence electrons. The first-order chi connectivity index (χ1) is 9.54. The smallest absolute Gasteiger partial charge is 0.368 e. The number of primary amides is 1. The number of carbonyl (C=O) groups excluding carboxylic acids is 2. The van der Waals surface area contributed by atoms with Gasteiger partial charge in [0.1, 0.15) is 11.6 Å². The van der Waals surface area contributed by atoms with Gasteiger partial charge in [0.05, 0.1) is 5.56 Å². The number of halogens is 4. The summed E-state index contributed by atoms with van der Waals surface area (Å²) in [5, 5.41) is 2.19. The highest BCUT2D eigenvalue weighted by Crippen LogP contribution is 2.31. The van der Waals surface area contributed by atoms with Gasteiger partial charge in [-0.05, 0) is 12.0 Å². The van der Waals surface area contributed by atoms with Gasteiger partial charge in [-0.3, -0.25) is 9.59 Å². The summed E-state index contributed by atoms with van der Waals surface area (Å²) in [4.78, 5) is 25.8. The molecule has 0 aliphatic carbocycles. The lowest BCUT2D eigenvalue weighted by Gasteiger charge is -2.19. The minimum atomic E-state index is -4.98. The van der Waals surface area contributed by atoms with Crippen molar-refractivity contribution in [1.29, 1.82) is 0 Å². The zero-order valence-corrected chi connectivity index (χ0v) is 11.2. The molecule has 1 atom stereocenters. The van der Waals surface area contributed by atoms with E-state index in [-0.39, 0.29) is 5.92 Å². The maximum atomic E-state index is 13.0. The molecule has 0 aliphatic heterocycles. The monoisotopic (exact) mass is 307 g/mol. The highest BCUT2D eigenvalue weighted by atomic mass is 19.4. The van der Waals surface area contributed by atoms with Gasteiger partial charge in [-0.2, -0.15) is 17.6 Å². The van der Waals surface area contributed by atoms with Crippen LogP contribution in [0.5, 0.6) is 0 Å². The van der Waals surface area contributed by atoms with Crippen molar-refractivity contribution in [1.82, 2.24) is 10.3 Å². The molecule has 1 rings (SSSR count). The Labute approximate surface area is 117 Å². The van der Waals surface area contributed by atoms with Crippen LogP contribution in [0.3, 0.4) is 0 Å². The van der Waals surface area contributed by atoms with Crippen molar-refractivity contribution >= 4 is 11.8 Å². The minimum absolute atomic E-state index is 0.329. The molecule has 0 saturated heterocycles. The number of nitrogens with two attached hydrogens (primary N) is 1. The number of nitrogens with one attached hydrogen (secondary N) is 1. The number of hydrogen-bond acceptors (Lipinski definition) is 3. The lowest BCUT2D eigenvalue weighted by Crippen LogP contribution is -2.47. The number of pyridine rings is 1. The Hall–Kier alpha value is -2.19. The van der Waals surface area contributed by atoms with Crippen LogP contribution in [0.4, 0.5) is 17.6 Å². The Morgan fingerprint density at radius 2 is 1.90 bits per heavy atom. The highest BCUT2D eigenvalue weighted by Gasteiger charge is 2.36. The molecule has 0 spiro atoms. The number of nitrogens with zero attached hydrogens (tertiary/aromatic N) is 1. The molecule has 5 nitrogen and oxygen atoms in total. The Morgan fingerprint density at radius 3 is 2.33 bits per heavy atom. The van der Waals surface area contributed by atoms with Gasteiger partial charge >= 0.3 is 6.18 Å². The molecule has 1 heterocycles. The topological polar surface area (TPSA) is 85.1 Å². The summed E-state index contributed by atoms with van der Waals surface area (Å²) >= 11 is 0. The predicted molar refractivity (Wildman–Crippen MR) is 64.5 cm³/mol. The fourth-order valence-electron chi connectivity index (χ4n) is 1.56. The fourth-order valence-corrected chi connectivity index (χ4v) is 1.56. The zero-order valence-electron chi connectivity index (χ0n) is 11.2. The molecule has 1 aromatic rings. The third-order valence-corrected chi connectivity index (χ3v) is 2.67. The molecule has 0 aromatic carbocycles. The summed E-state index contributed by atoms with van der Waals surface area (Å²) in [6, 6.07) is -0.729. The molecule has 1 aromatic heterocycles. The number of rotatable bonds is 4. The van der Waals surface area contributed by atoms with Crippen molar-refractivity contribution in [3.05, 3.63) is 29.3 Å². The van der Waals surface area contributed by atoms with E-state index in [1.165, 1.54) is 0 Å². The van der Waals surface area contributed by atoms with E-state index in [1.54, 1.807) is 13.8 Å². The predicted octanol–water partition coefficient (Wildman–Crippen LogP) is 1.48. The lowest BCUT2D eigenvalue weighted by atomic mass is 10.0. The SMILES string of the molecule is CC(C)C(NC(=O)c1cnc(F)c(C(F)(F)F)c1)C(N)=O. The Kier molecular flexibility index (Phi) is 4.87. The van der Waals surface area contributed by atoms with Crippen molar-refractivity contribution in [2.24, 2.45) is 11.7 Å². The lowest BCUT2D eigenvalue weighted by molar-refractivity contribution is -0.140. The summed E-state index contributed by atoms with van der Waals surface area (Å²) in [6.07, 6.45) is -4.33. The van der Waals surface area contributed by atoms with Crippen LogP contribution in [0.1, 0.15) is 29.8 Å². The van der Waals surface area contributed by atoms with Crippen LogP contribution in [0.25, 0.3) is 0 Å². The van der Waals surface area contributed by atoms with E-state index in [4.69, 9.17) is 5.73 Å². The second-order valence-electron chi connectivity index (χ2n) is 4.66. The van der Waals surface area contributed by atoms with Gasteiger partial charge in [-0.15, -0.1) is 0 Å². The highest BCUT2D eigenvalue weighted by molar-refractivity contribution is 5.97. The van der Waals surface area contributed by atoms with Gasteiger partial charge in [-0.25, -0.2) is 4.98 Å². The molecule has 0 bridgehead atoms. The van der Waals surface area contributed by atoms with Crippen LogP contribution in [-0.2, 0) is 11.0 Å². The number of aromatic nitrogens is 1. The third-order valence-electron chi connectivity index (χ3n) is 2.67. The van der Waals surface area contributed by atoms with Crippen molar-refractivity contribution < 1.29 is 27.2 Å². The third kappa shape index (κ3) is 4.14. The van der Waals surface area contributed by atoms with Crippen molar-refractivity contribution in [3.63, 3.8) is 0 Å². The van der Waals surface area contributed by atoms with Gasteiger partial charge < -0.3 is 11.1 Å². The van der Waals surface area contributed by atoms with Gasteiger partial charge in [0.25, 0.3) is 5.91 Å². The van der Waals surface area contributed by atoms with Crippen LogP contribution >= 0.6 is 0 Å². The number of alkyl halides is 3. The van der Waals surface area contributed by atoms with E-state index in [0.717, 1.165) is 0 Å². The second kappa shape index (κ2) is 6.06. The summed E-state index contributed by atoms with van der Waals surface area (Å²) < 4.78 is 50.6. The average Bonchev–Trinajstić information content (AvgIpc) is 2.33. The molecular weight excluding hydrogens is 294 g/mol. The molecule has 1 unspecified atom stereocenters. The van der Waals surface area contributed by atoms with E-state index in [9.17, 15) is 27.2 Å². The van der Waals surface area contributed by atoms with Gasteiger partial charge in [0, 0.05) is 6.20 Å². The van der Waals surface area contributed by atoms with E-state index in [0.29, 0.717) is 12.3 Å². The maximum Gasteiger partial charge on any atom is 0.420 e. The van der Waals surface area contributed by atoms with Crippen molar-refractivity contribution in [2.45, 2.75) is 26.1 Å². The van der Waals surface area contributed by atoms with E-state index >= 15 is 0 Å². The first kappa shape index (κ1) is 16.9. The first-order valence-corrected chi connectivity index (χ1v) is 5.87. The van der Waals surface area contributed by atoms with Gasteiger partial charge in [0.15, 0.2) is 0 Å². The molecule has 0 aliphatic rings. The summed E-state index contributed by atoms with van der Waals surface area (Å²) in [5.41, 5.74) is 2.90. The molecular formula is C12H13F4N3O2. The number of carbonyl (C=O) groups is 2. The van der Waals surface area contributed by atoms with E-state index in [2.05, 4.69) is 10.3 Å². The van der Waals surface area contributed by atoms with Crippen molar-refractivity contribution in [2.75, 3.05) is 0 Å². The van der Waals surface area contributed by atoms with E-state index in [1.807, 2.05) is 0 Å². The molecule has 0 radical (unpaired) electrons. The molecule has 3 N–H and O–H groups in total. The standard InChI is InChI=1S/C12H13F4N3O2/c1-5(2)8(10(17)20)19-11(21)6-3-7(12(14,15)16)9(13)18-4-6/h3-5,8H,1-2H3,(H2,17,20)(H,19,21). The summed E-state index contributed by atoms with van der Waals surface area (Å²) in [5.74, 6) is -3.91. The second-order valence-corrected chi connectivity index (χ2v) is 4.66. The summed E-state index contributed by atoms with van der Waals surface area (Å²) in [6.45, 7) is 3.19. The Balaban J connectivity index is 3.06. The minimum Gasteiger partial charge on any atom is -0.368 e. The van der Waals surface area contributed by atoms with Crippen LogP contribution in [0, 0.1) is 11.9 Å². The van der Waals surface area contributed by atoms with Crippen LogP contribution in [0.2, 0.25) is 0 Å². The van der Waals surface area contributed by atoms with Crippen molar-refractivity contribution in [3.8, 4) is 0 Å². The summed E-state index contributed by atoms with van der Waals surface area (Å²) in [7, 11) is 0. The largest absolute Gasteiger partial charge is 0.420 e. The molecule has 0 fully saturated rings. The molecule has 21 heavy (non-hydrogen) atoms. The van der Waals surface area contributed by atoms with Gasteiger partial charge in [-0.1, -0.05) is 13.8 Å².